The minimum atomic E-state index is -0.614. The second-order valence-electron chi connectivity index (χ2n) is 2.84. The van der Waals surface area contributed by atoms with Crippen LogP contribution in [0.5, 0.6) is 0 Å². The maximum absolute atomic E-state index is 11.4. The Hall–Kier alpha value is -1.49. The Morgan fingerprint density at radius 3 is 3.15 bits per heavy atom. The van der Waals surface area contributed by atoms with Crippen molar-refractivity contribution in [1.82, 2.24) is 5.32 Å². The molecule has 0 spiro atoms. The highest BCUT2D eigenvalue weighted by molar-refractivity contribution is 5.86. The monoisotopic (exact) mass is 179 g/mol. The summed E-state index contributed by atoms with van der Waals surface area (Å²) in [7, 11) is 0. The highest BCUT2D eigenvalue weighted by atomic mass is 16.5. The number of hydrogen-bond acceptors (Lipinski definition) is 4. The van der Waals surface area contributed by atoms with Gasteiger partial charge in [-0.05, 0) is 6.08 Å². The summed E-state index contributed by atoms with van der Waals surface area (Å²) in [5, 5.41) is 10.2. The highest BCUT2D eigenvalue weighted by Crippen LogP contribution is 2.17. The summed E-state index contributed by atoms with van der Waals surface area (Å²) in [5.74, 6) is -0.219. The molecule has 2 aliphatic heterocycles. The van der Waals surface area contributed by atoms with Gasteiger partial charge in [-0.3, -0.25) is 4.79 Å². The summed E-state index contributed by atoms with van der Waals surface area (Å²) < 4.78 is 5.25. The first-order valence-corrected chi connectivity index (χ1v) is 3.95. The molecule has 0 radical (unpaired) electrons. The molecule has 0 aliphatic carbocycles. The minimum absolute atomic E-state index is 0.219. The van der Waals surface area contributed by atoms with E-state index in [4.69, 9.17) is 4.74 Å². The Morgan fingerprint density at radius 2 is 2.54 bits per heavy atom. The number of morpholine rings is 1. The van der Waals surface area contributed by atoms with E-state index in [9.17, 15) is 4.79 Å². The zero-order valence-corrected chi connectivity index (χ0v) is 6.99. The summed E-state index contributed by atoms with van der Waals surface area (Å²) in [6.45, 7) is 4.46. The molecule has 0 aromatic heterocycles. The third-order valence-electron chi connectivity index (χ3n) is 1.80. The number of nitrogens with one attached hydrogen (secondary N) is 1. The van der Waals surface area contributed by atoms with Crippen LogP contribution in [-0.2, 0) is 9.53 Å². The highest BCUT2D eigenvalue weighted by Gasteiger charge is 2.29. The quantitative estimate of drug-likeness (QED) is 0.631. The van der Waals surface area contributed by atoms with Crippen LogP contribution in [0.2, 0.25) is 0 Å². The SMILES string of the molecule is C=C1COC(C2=CCN=N2)C(=O)N1. The first-order chi connectivity index (χ1) is 6.27. The molecule has 0 bridgehead atoms. The lowest BCUT2D eigenvalue weighted by molar-refractivity contribution is -0.132. The molecule has 2 heterocycles. The molecule has 68 valence electrons. The van der Waals surface area contributed by atoms with E-state index in [2.05, 4.69) is 22.1 Å². The second kappa shape index (κ2) is 3.10. The zero-order chi connectivity index (χ0) is 9.26. The third-order valence-corrected chi connectivity index (χ3v) is 1.80. The predicted molar refractivity (Wildman–Crippen MR) is 44.8 cm³/mol. The van der Waals surface area contributed by atoms with Gasteiger partial charge in [0.25, 0.3) is 5.91 Å². The van der Waals surface area contributed by atoms with Crippen molar-refractivity contribution in [3.05, 3.63) is 24.0 Å². The van der Waals surface area contributed by atoms with Crippen LogP contribution in [0.1, 0.15) is 0 Å². The van der Waals surface area contributed by atoms with Gasteiger partial charge in [0, 0.05) is 5.70 Å². The van der Waals surface area contributed by atoms with Crippen molar-refractivity contribution < 1.29 is 9.53 Å². The lowest BCUT2D eigenvalue weighted by Crippen LogP contribution is -2.43. The largest absolute Gasteiger partial charge is 0.356 e. The molecule has 1 saturated heterocycles. The molecule has 13 heavy (non-hydrogen) atoms. The van der Waals surface area contributed by atoms with E-state index in [0.717, 1.165) is 0 Å². The van der Waals surface area contributed by atoms with Crippen molar-refractivity contribution in [2.45, 2.75) is 6.10 Å². The molecule has 1 fully saturated rings. The van der Waals surface area contributed by atoms with E-state index >= 15 is 0 Å². The molecule has 1 N–H and O–H groups in total. The fraction of sp³-hybridized carbons (Fsp3) is 0.375. The molecule has 1 amide bonds. The summed E-state index contributed by atoms with van der Waals surface area (Å²) in [5.41, 5.74) is 1.17. The summed E-state index contributed by atoms with van der Waals surface area (Å²) in [6, 6.07) is 0. The van der Waals surface area contributed by atoms with Crippen LogP contribution in [-0.4, -0.2) is 25.2 Å². The fourth-order valence-corrected chi connectivity index (χ4v) is 1.21. The first-order valence-electron chi connectivity index (χ1n) is 3.95. The topological polar surface area (TPSA) is 63.1 Å². The summed E-state index contributed by atoms with van der Waals surface area (Å²) in [6.07, 6.45) is 1.16. The van der Waals surface area contributed by atoms with Gasteiger partial charge >= 0.3 is 0 Å². The van der Waals surface area contributed by atoms with E-state index < -0.39 is 6.10 Å². The molecular formula is C8H9N3O2. The van der Waals surface area contributed by atoms with Crippen LogP contribution < -0.4 is 5.32 Å². The number of azo groups is 1. The Balaban J connectivity index is 2.12. The standard InChI is InChI=1S/C8H9N3O2/c1-5-4-13-7(8(12)10-5)6-2-3-9-11-6/h2,7H,1,3-4H2,(H,10,12). The normalized spacial score (nSPS) is 27.4. The number of nitrogens with zero attached hydrogens (tertiary/aromatic N) is 2. The third kappa shape index (κ3) is 1.50. The van der Waals surface area contributed by atoms with Crippen LogP contribution in [0.3, 0.4) is 0 Å². The molecule has 0 saturated carbocycles. The number of hydrogen-bond donors (Lipinski definition) is 1. The summed E-state index contributed by atoms with van der Waals surface area (Å²) >= 11 is 0. The van der Waals surface area contributed by atoms with Crippen LogP contribution in [0.25, 0.3) is 0 Å². The Kier molecular flexibility index (Phi) is 1.94. The average molecular weight is 179 g/mol. The van der Waals surface area contributed by atoms with E-state index in [1.165, 1.54) is 0 Å². The van der Waals surface area contributed by atoms with Crippen molar-refractivity contribution in [1.29, 1.82) is 0 Å². The van der Waals surface area contributed by atoms with Crippen molar-refractivity contribution in [2.24, 2.45) is 10.2 Å². The van der Waals surface area contributed by atoms with Crippen LogP contribution >= 0.6 is 0 Å². The van der Waals surface area contributed by atoms with Crippen molar-refractivity contribution in [2.75, 3.05) is 13.2 Å². The van der Waals surface area contributed by atoms with E-state index in [-0.39, 0.29) is 5.91 Å². The number of amides is 1. The minimum Gasteiger partial charge on any atom is -0.356 e. The fourth-order valence-electron chi connectivity index (χ4n) is 1.21. The molecule has 1 atom stereocenters. The molecule has 1 unspecified atom stereocenters. The van der Waals surface area contributed by atoms with Gasteiger partial charge in [0.15, 0.2) is 6.10 Å². The van der Waals surface area contributed by atoms with Gasteiger partial charge in [0.2, 0.25) is 0 Å². The number of carbonyl (C=O) groups is 1. The molecule has 2 rings (SSSR count). The number of rotatable bonds is 1. The molecule has 2 aliphatic rings. The van der Waals surface area contributed by atoms with Crippen molar-refractivity contribution >= 4 is 5.91 Å². The van der Waals surface area contributed by atoms with Gasteiger partial charge < -0.3 is 10.1 Å². The van der Waals surface area contributed by atoms with Gasteiger partial charge in [-0.1, -0.05) is 6.58 Å². The Labute approximate surface area is 75.2 Å². The zero-order valence-electron chi connectivity index (χ0n) is 6.99. The van der Waals surface area contributed by atoms with Crippen LogP contribution in [0.4, 0.5) is 0 Å². The van der Waals surface area contributed by atoms with E-state index in [0.29, 0.717) is 24.5 Å². The molecule has 5 nitrogen and oxygen atoms in total. The predicted octanol–water partition coefficient (Wildman–Crippen LogP) is 0.365. The number of carbonyl (C=O) groups excluding carboxylic acids is 1. The van der Waals surface area contributed by atoms with Gasteiger partial charge in [-0.15, -0.1) is 0 Å². The van der Waals surface area contributed by atoms with Crippen molar-refractivity contribution in [3.63, 3.8) is 0 Å². The van der Waals surface area contributed by atoms with Gasteiger partial charge in [-0.25, -0.2) is 0 Å². The average Bonchev–Trinajstić information content (AvgIpc) is 2.56. The smallest absolute Gasteiger partial charge is 0.259 e. The molecule has 0 aromatic carbocycles. The van der Waals surface area contributed by atoms with Crippen LogP contribution in [0, 0.1) is 0 Å². The van der Waals surface area contributed by atoms with E-state index in [1.807, 2.05) is 0 Å². The summed E-state index contributed by atoms with van der Waals surface area (Å²) in [4.78, 5) is 11.4. The Bertz CT molecular complexity index is 319. The first kappa shape index (κ1) is 8.12. The lowest BCUT2D eigenvalue weighted by atomic mass is 10.2. The maximum atomic E-state index is 11.4. The molecular weight excluding hydrogens is 170 g/mol. The van der Waals surface area contributed by atoms with E-state index in [1.54, 1.807) is 6.08 Å². The maximum Gasteiger partial charge on any atom is 0.259 e. The Morgan fingerprint density at radius 1 is 1.69 bits per heavy atom. The van der Waals surface area contributed by atoms with Crippen LogP contribution in [0.15, 0.2) is 34.3 Å². The van der Waals surface area contributed by atoms with Gasteiger partial charge in [0.05, 0.1) is 18.8 Å². The number of ether oxygens (including phenoxy) is 1. The van der Waals surface area contributed by atoms with Gasteiger partial charge in [0.1, 0.15) is 0 Å². The second-order valence-corrected chi connectivity index (χ2v) is 2.84. The lowest BCUT2D eigenvalue weighted by Gasteiger charge is -2.23. The molecule has 5 heteroatoms. The molecule has 0 aromatic rings. The van der Waals surface area contributed by atoms with Gasteiger partial charge in [-0.2, -0.15) is 10.2 Å². The van der Waals surface area contributed by atoms with Crippen molar-refractivity contribution in [3.8, 4) is 0 Å².